The van der Waals surface area contributed by atoms with Crippen molar-refractivity contribution < 1.29 is 1.43 Å². The Hall–Kier alpha value is -0.530. The number of rotatable bonds is 0. The molecular weight excluding hydrogens is 100 g/mol. The van der Waals surface area contributed by atoms with Gasteiger partial charge < -0.3 is 5.32 Å². The topological polar surface area (TPSA) is 24.4 Å². The minimum absolute atomic E-state index is 0. The first-order chi connectivity index (χ1) is 3.97. The molecule has 1 saturated carbocycles. The van der Waals surface area contributed by atoms with Gasteiger partial charge in [0.2, 0.25) is 0 Å². The second-order valence-electron chi connectivity index (χ2n) is 2.55. The summed E-state index contributed by atoms with van der Waals surface area (Å²) < 4.78 is 0. The van der Waals surface area contributed by atoms with Crippen molar-refractivity contribution in [3.8, 4) is 0 Å². The van der Waals surface area contributed by atoms with E-state index in [1.807, 2.05) is 6.34 Å². The average molecular weight is 112 g/mol. The fourth-order valence-electron chi connectivity index (χ4n) is 1.55. The van der Waals surface area contributed by atoms with E-state index in [4.69, 9.17) is 0 Å². The predicted octanol–water partition coefficient (Wildman–Crippen LogP) is 0.785. The monoisotopic (exact) mass is 112 g/mol. The minimum Gasteiger partial charge on any atom is -0.372 e. The lowest BCUT2D eigenvalue weighted by atomic mass is 10.2. The first-order valence-electron chi connectivity index (χ1n) is 3.24. The molecule has 1 aliphatic heterocycles. The Bertz CT molecular complexity index is 124. The summed E-state index contributed by atoms with van der Waals surface area (Å²) >= 11 is 0. The maximum atomic E-state index is 4.26. The van der Waals surface area contributed by atoms with Crippen LogP contribution in [0.5, 0.6) is 0 Å². The Kier molecular flexibility index (Phi) is 0.802. The Balaban J connectivity index is 0.000000405. The van der Waals surface area contributed by atoms with Crippen LogP contribution in [0.2, 0.25) is 0 Å². The summed E-state index contributed by atoms with van der Waals surface area (Å²) in [4.78, 5) is 4.26. The number of nitrogens with one attached hydrogen (secondary N) is 1. The molecule has 8 heavy (non-hydrogen) atoms. The van der Waals surface area contributed by atoms with Gasteiger partial charge in [-0.25, -0.2) is 0 Å². The fourth-order valence-corrected chi connectivity index (χ4v) is 1.55. The van der Waals surface area contributed by atoms with Gasteiger partial charge in [-0.15, -0.1) is 0 Å². The molecule has 1 heterocycles. The lowest BCUT2D eigenvalue weighted by molar-refractivity contribution is 0.601. The van der Waals surface area contributed by atoms with Crippen molar-refractivity contribution >= 4 is 6.34 Å². The third kappa shape index (κ3) is 0.457. The van der Waals surface area contributed by atoms with Crippen molar-refractivity contribution in [3.05, 3.63) is 0 Å². The van der Waals surface area contributed by atoms with Crippen LogP contribution < -0.4 is 5.32 Å². The van der Waals surface area contributed by atoms with Crippen LogP contribution in [-0.4, -0.2) is 18.4 Å². The highest BCUT2D eigenvalue weighted by molar-refractivity contribution is 5.58. The van der Waals surface area contributed by atoms with Crippen LogP contribution in [0.4, 0.5) is 0 Å². The van der Waals surface area contributed by atoms with E-state index in [2.05, 4.69) is 10.3 Å². The standard InChI is InChI=1S/C6H10N2.H2/c1-2-5-6(3-1)8-4-7-5;/h4-6H,1-3H2,(H,7,8);1H. The molecule has 0 aromatic rings. The molecule has 46 valence electrons. The van der Waals surface area contributed by atoms with E-state index >= 15 is 0 Å². The van der Waals surface area contributed by atoms with E-state index in [1.165, 1.54) is 19.3 Å². The number of nitrogens with zero attached hydrogens (tertiary/aromatic N) is 1. The minimum atomic E-state index is 0. The maximum absolute atomic E-state index is 4.26. The van der Waals surface area contributed by atoms with E-state index in [0.29, 0.717) is 12.1 Å². The van der Waals surface area contributed by atoms with Crippen LogP contribution in [0, 0.1) is 0 Å². The summed E-state index contributed by atoms with van der Waals surface area (Å²) in [7, 11) is 0. The van der Waals surface area contributed by atoms with Crippen molar-refractivity contribution in [1.29, 1.82) is 0 Å². The normalized spacial score (nSPS) is 42.0. The molecule has 1 aliphatic carbocycles. The molecule has 0 aromatic carbocycles. The van der Waals surface area contributed by atoms with Gasteiger partial charge in [-0.1, -0.05) is 0 Å². The summed E-state index contributed by atoms with van der Waals surface area (Å²) in [6, 6.07) is 1.34. The highest BCUT2D eigenvalue weighted by atomic mass is 15.1. The largest absolute Gasteiger partial charge is 0.372 e. The molecule has 0 spiro atoms. The van der Waals surface area contributed by atoms with Crippen LogP contribution in [-0.2, 0) is 0 Å². The van der Waals surface area contributed by atoms with Crippen LogP contribution in [0.25, 0.3) is 0 Å². The molecule has 2 rings (SSSR count). The van der Waals surface area contributed by atoms with Crippen molar-refractivity contribution in [1.82, 2.24) is 5.32 Å². The molecule has 1 fully saturated rings. The van der Waals surface area contributed by atoms with Gasteiger partial charge in [0.15, 0.2) is 0 Å². The number of aliphatic imine (C=N–C) groups is 1. The highest BCUT2D eigenvalue weighted by Crippen LogP contribution is 2.23. The van der Waals surface area contributed by atoms with E-state index in [1.54, 1.807) is 0 Å². The molecule has 2 unspecified atom stereocenters. The van der Waals surface area contributed by atoms with Gasteiger partial charge in [0.25, 0.3) is 0 Å². The quantitative estimate of drug-likeness (QED) is 0.492. The van der Waals surface area contributed by atoms with Crippen LogP contribution in [0.1, 0.15) is 20.7 Å². The SMILES string of the molecule is C1=NC2CCCC2N1.[HH]. The molecule has 2 aliphatic rings. The first kappa shape index (κ1) is 4.36. The Labute approximate surface area is 50.5 Å². The molecular formula is C6H12N2. The summed E-state index contributed by atoms with van der Waals surface area (Å²) in [6.07, 6.45) is 5.84. The Morgan fingerprint density at radius 2 is 2.62 bits per heavy atom. The summed E-state index contributed by atoms with van der Waals surface area (Å²) in [5.41, 5.74) is 0. The van der Waals surface area contributed by atoms with Gasteiger partial charge in [0.05, 0.1) is 12.4 Å². The second kappa shape index (κ2) is 1.47. The van der Waals surface area contributed by atoms with E-state index < -0.39 is 0 Å². The molecule has 0 saturated heterocycles. The van der Waals surface area contributed by atoms with Gasteiger partial charge in [-0.2, -0.15) is 0 Å². The van der Waals surface area contributed by atoms with Gasteiger partial charge in [0, 0.05) is 7.47 Å². The molecule has 2 atom stereocenters. The van der Waals surface area contributed by atoms with E-state index in [-0.39, 0.29) is 1.43 Å². The number of hydrogen-bond acceptors (Lipinski definition) is 2. The number of hydrogen-bond donors (Lipinski definition) is 1. The van der Waals surface area contributed by atoms with Crippen LogP contribution in [0.3, 0.4) is 0 Å². The van der Waals surface area contributed by atoms with E-state index in [9.17, 15) is 0 Å². The second-order valence-corrected chi connectivity index (χ2v) is 2.55. The fraction of sp³-hybridized carbons (Fsp3) is 0.833. The maximum Gasteiger partial charge on any atom is 0.0831 e. The van der Waals surface area contributed by atoms with Crippen molar-refractivity contribution in [2.45, 2.75) is 31.3 Å². The Morgan fingerprint density at radius 3 is 3.50 bits per heavy atom. The van der Waals surface area contributed by atoms with Crippen molar-refractivity contribution in [2.24, 2.45) is 4.99 Å². The highest BCUT2D eigenvalue weighted by Gasteiger charge is 2.28. The summed E-state index contributed by atoms with van der Waals surface area (Å²) in [5.74, 6) is 0. The van der Waals surface area contributed by atoms with Crippen molar-refractivity contribution in [2.75, 3.05) is 0 Å². The van der Waals surface area contributed by atoms with Gasteiger partial charge in [-0.05, 0) is 19.3 Å². The number of fused-ring (bicyclic) bond motifs is 1. The Morgan fingerprint density at radius 1 is 1.62 bits per heavy atom. The van der Waals surface area contributed by atoms with Crippen LogP contribution >= 0.6 is 0 Å². The van der Waals surface area contributed by atoms with Crippen LogP contribution in [0.15, 0.2) is 4.99 Å². The molecule has 0 aromatic heterocycles. The molecule has 0 radical (unpaired) electrons. The summed E-state index contributed by atoms with van der Waals surface area (Å²) in [5, 5.41) is 3.23. The molecule has 2 nitrogen and oxygen atoms in total. The third-order valence-corrected chi connectivity index (χ3v) is 2.03. The summed E-state index contributed by atoms with van der Waals surface area (Å²) in [6.45, 7) is 0. The van der Waals surface area contributed by atoms with Crippen molar-refractivity contribution in [3.63, 3.8) is 0 Å². The molecule has 0 amide bonds. The average Bonchev–Trinajstić information content (AvgIpc) is 2.15. The molecule has 1 N–H and O–H groups in total. The smallest absolute Gasteiger partial charge is 0.0831 e. The zero-order valence-corrected chi connectivity index (χ0v) is 4.80. The van der Waals surface area contributed by atoms with Gasteiger partial charge in [-0.3, -0.25) is 4.99 Å². The third-order valence-electron chi connectivity index (χ3n) is 2.03. The lowest BCUT2D eigenvalue weighted by Gasteiger charge is -2.04. The molecule has 2 heteroatoms. The zero-order valence-electron chi connectivity index (χ0n) is 4.80. The predicted molar refractivity (Wildman–Crippen MR) is 35.2 cm³/mol. The first-order valence-corrected chi connectivity index (χ1v) is 3.24. The van der Waals surface area contributed by atoms with E-state index in [0.717, 1.165) is 0 Å². The molecule has 0 bridgehead atoms. The zero-order chi connectivity index (χ0) is 5.40. The lowest BCUT2D eigenvalue weighted by Crippen LogP contribution is -2.25. The van der Waals surface area contributed by atoms with Gasteiger partial charge in [0.1, 0.15) is 0 Å². The van der Waals surface area contributed by atoms with Gasteiger partial charge >= 0.3 is 0 Å².